The molecule has 0 amide bonds. The summed E-state index contributed by atoms with van der Waals surface area (Å²) in [5.41, 5.74) is 8.47. The number of aromatic nitrogens is 1. The lowest BCUT2D eigenvalue weighted by Crippen LogP contribution is -2.16. The Bertz CT molecular complexity index is 545. The van der Waals surface area contributed by atoms with Crippen molar-refractivity contribution in [3.8, 4) is 10.6 Å². The van der Waals surface area contributed by atoms with Crippen LogP contribution in [-0.4, -0.2) is 11.2 Å². The fourth-order valence-electron chi connectivity index (χ4n) is 2.31. The monoisotopic (exact) mass is 276 g/mol. The number of hydrogen-bond acceptors (Lipinski definition) is 4. The number of thiazole rings is 1. The van der Waals surface area contributed by atoms with Gasteiger partial charge in [0.1, 0.15) is 5.01 Å². The van der Waals surface area contributed by atoms with Crippen LogP contribution in [0.5, 0.6) is 0 Å². The number of nitrogens with two attached hydrogens (primary N) is 1. The molecule has 0 aliphatic heterocycles. The second kappa shape index (κ2) is 5.03. The van der Waals surface area contributed by atoms with Crippen LogP contribution in [0.15, 0.2) is 29.2 Å². The molecule has 1 aliphatic rings. The van der Waals surface area contributed by atoms with Gasteiger partial charge in [-0.25, -0.2) is 4.98 Å². The van der Waals surface area contributed by atoms with E-state index in [1.54, 1.807) is 11.8 Å². The largest absolute Gasteiger partial charge is 0.323 e. The number of hydrogen-bond donors (Lipinski definition) is 1. The molecule has 2 N–H and O–H groups in total. The van der Waals surface area contributed by atoms with Crippen molar-refractivity contribution in [2.75, 3.05) is 6.26 Å². The van der Waals surface area contributed by atoms with Crippen molar-refractivity contribution in [3.05, 3.63) is 34.8 Å². The summed E-state index contributed by atoms with van der Waals surface area (Å²) in [5.74, 6) is 0. The number of aryl methyl sites for hydroxylation is 1. The highest BCUT2D eigenvalue weighted by Crippen LogP contribution is 2.36. The zero-order valence-corrected chi connectivity index (χ0v) is 12.0. The second-order valence-electron chi connectivity index (χ2n) is 4.55. The van der Waals surface area contributed by atoms with Crippen molar-refractivity contribution in [1.29, 1.82) is 0 Å². The van der Waals surface area contributed by atoms with Gasteiger partial charge in [-0.2, -0.15) is 0 Å². The van der Waals surface area contributed by atoms with Gasteiger partial charge >= 0.3 is 0 Å². The third-order valence-electron chi connectivity index (χ3n) is 3.33. The zero-order chi connectivity index (χ0) is 12.5. The lowest BCUT2D eigenvalue weighted by atomic mass is 9.99. The maximum Gasteiger partial charge on any atom is 0.123 e. The predicted molar refractivity (Wildman–Crippen MR) is 79.2 cm³/mol. The van der Waals surface area contributed by atoms with E-state index < -0.39 is 0 Å². The molecule has 0 fully saturated rings. The molecule has 4 heteroatoms. The SMILES string of the molecule is CSc1ccc(-c2nc3c(s2)CCCC3N)cc1. The molecule has 1 unspecified atom stereocenters. The van der Waals surface area contributed by atoms with Crippen LogP contribution in [0.25, 0.3) is 10.6 Å². The van der Waals surface area contributed by atoms with Gasteiger partial charge in [-0.1, -0.05) is 12.1 Å². The van der Waals surface area contributed by atoms with Crippen LogP contribution in [-0.2, 0) is 6.42 Å². The van der Waals surface area contributed by atoms with Crippen LogP contribution < -0.4 is 5.73 Å². The van der Waals surface area contributed by atoms with E-state index in [9.17, 15) is 0 Å². The van der Waals surface area contributed by atoms with Crippen LogP contribution in [0.4, 0.5) is 0 Å². The predicted octanol–water partition coefficient (Wildman–Crippen LogP) is 3.87. The Hall–Kier alpha value is -0.840. The highest BCUT2D eigenvalue weighted by molar-refractivity contribution is 7.98. The number of fused-ring (bicyclic) bond motifs is 1. The highest BCUT2D eigenvalue weighted by atomic mass is 32.2. The quantitative estimate of drug-likeness (QED) is 0.846. The Morgan fingerprint density at radius 3 is 2.78 bits per heavy atom. The maximum absolute atomic E-state index is 6.12. The molecular formula is C14H16N2S2. The summed E-state index contributed by atoms with van der Waals surface area (Å²) in [5, 5.41) is 1.12. The Morgan fingerprint density at radius 1 is 1.33 bits per heavy atom. The minimum atomic E-state index is 0.143. The standard InChI is InChI=1S/C14H16N2S2/c1-17-10-7-5-9(6-8-10)14-16-13-11(15)3-2-4-12(13)18-14/h5-8,11H,2-4,15H2,1H3. The number of rotatable bonds is 2. The fourth-order valence-corrected chi connectivity index (χ4v) is 3.90. The molecule has 18 heavy (non-hydrogen) atoms. The van der Waals surface area contributed by atoms with E-state index in [0.29, 0.717) is 0 Å². The fraction of sp³-hybridized carbons (Fsp3) is 0.357. The minimum absolute atomic E-state index is 0.143. The van der Waals surface area contributed by atoms with Gasteiger partial charge in [-0.15, -0.1) is 23.1 Å². The van der Waals surface area contributed by atoms with E-state index in [1.165, 1.54) is 21.8 Å². The summed E-state index contributed by atoms with van der Waals surface area (Å²) in [6.45, 7) is 0. The van der Waals surface area contributed by atoms with Crippen LogP contribution in [0, 0.1) is 0 Å². The first-order valence-corrected chi connectivity index (χ1v) is 8.21. The van der Waals surface area contributed by atoms with Crippen molar-refractivity contribution < 1.29 is 0 Å². The van der Waals surface area contributed by atoms with E-state index in [2.05, 4.69) is 30.5 Å². The third kappa shape index (κ3) is 2.20. The lowest BCUT2D eigenvalue weighted by molar-refractivity contribution is 0.564. The van der Waals surface area contributed by atoms with Crippen molar-refractivity contribution >= 4 is 23.1 Å². The molecule has 94 valence electrons. The van der Waals surface area contributed by atoms with E-state index in [-0.39, 0.29) is 6.04 Å². The van der Waals surface area contributed by atoms with Gasteiger partial charge in [-0.3, -0.25) is 0 Å². The van der Waals surface area contributed by atoms with Crippen molar-refractivity contribution in [1.82, 2.24) is 4.98 Å². The van der Waals surface area contributed by atoms with Gasteiger partial charge < -0.3 is 5.73 Å². The van der Waals surface area contributed by atoms with Crippen LogP contribution in [0.3, 0.4) is 0 Å². The molecule has 1 heterocycles. The molecule has 0 saturated carbocycles. The molecule has 2 aromatic rings. The van der Waals surface area contributed by atoms with E-state index in [4.69, 9.17) is 10.7 Å². The molecular weight excluding hydrogens is 260 g/mol. The minimum Gasteiger partial charge on any atom is -0.323 e. The van der Waals surface area contributed by atoms with Gasteiger partial charge in [0.15, 0.2) is 0 Å². The molecule has 1 aromatic carbocycles. The maximum atomic E-state index is 6.12. The molecule has 0 saturated heterocycles. The molecule has 1 aliphatic carbocycles. The Balaban J connectivity index is 1.96. The molecule has 0 bridgehead atoms. The molecule has 1 atom stereocenters. The van der Waals surface area contributed by atoms with Gasteiger partial charge in [0.2, 0.25) is 0 Å². The molecule has 1 aromatic heterocycles. The number of benzene rings is 1. The summed E-state index contributed by atoms with van der Waals surface area (Å²) in [6, 6.07) is 8.76. The average Bonchev–Trinajstić information content (AvgIpc) is 2.84. The smallest absolute Gasteiger partial charge is 0.123 e. The van der Waals surface area contributed by atoms with Crippen molar-refractivity contribution in [2.45, 2.75) is 30.2 Å². The Kier molecular flexibility index (Phi) is 3.41. The van der Waals surface area contributed by atoms with Crippen LogP contribution in [0.1, 0.15) is 29.5 Å². The summed E-state index contributed by atoms with van der Waals surface area (Å²) in [6.07, 6.45) is 5.50. The first-order valence-electron chi connectivity index (χ1n) is 6.17. The summed E-state index contributed by atoms with van der Waals surface area (Å²) in [7, 11) is 0. The lowest BCUT2D eigenvalue weighted by Gasteiger charge is -2.15. The van der Waals surface area contributed by atoms with Crippen molar-refractivity contribution in [3.63, 3.8) is 0 Å². The molecule has 2 nitrogen and oxygen atoms in total. The second-order valence-corrected chi connectivity index (χ2v) is 6.52. The van der Waals surface area contributed by atoms with Crippen molar-refractivity contribution in [2.24, 2.45) is 5.73 Å². The topological polar surface area (TPSA) is 38.9 Å². The van der Waals surface area contributed by atoms with E-state index >= 15 is 0 Å². The first-order chi connectivity index (χ1) is 8.78. The Labute approximate surface area is 116 Å². The van der Waals surface area contributed by atoms with Gasteiger partial charge in [0.05, 0.1) is 5.69 Å². The summed E-state index contributed by atoms with van der Waals surface area (Å²) < 4.78 is 0. The van der Waals surface area contributed by atoms with E-state index in [1.807, 2.05) is 11.3 Å². The summed E-state index contributed by atoms with van der Waals surface area (Å²) in [4.78, 5) is 7.42. The first kappa shape index (κ1) is 12.2. The third-order valence-corrected chi connectivity index (χ3v) is 5.26. The summed E-state index contributed by atoms with van der Waals surface area (Å²) >= 11 is 3.57. The molecule has 0 radical (unpaired) electrons. The van der Waals surface area contributed by atoms with Gasteiger partial charge in [0, 0.05) is 21.4 Å². The Morgan fingerprint density at radius 2 is 2.11 bits per heavy atom. The normalized spacial score (nSPS) is 18.7. The highest BCUT2D eigenvalue weighted by Gasteiger charge is 2.22. The van der Waals surface area contributed by atoms with Crippen LogP contribution >= 0.6 is 23.1 Å². The zero-order valence-electron chi connectivity index (χ0n) is 10.3. The van der Waals surface area contributed by atoms with Gasteiger partial charge in [-0.05, 0) is 37.7 Å². The molecule has 0 spiro atoms. The number of thioether (sulfide) groups is 1. The van der Waals surface area contributed by atoms with Gasteiger partial charge in [0.25, 0.3) is 0 Å². The number of nitrogens with zero attached hydrogens (tertiary/aromatic N) is 1. The molecule has 3 rings (SSSR count). The van der Waals surface area contributed by atoms with E-state index in [0.717, 1.165) is 23.5 Å². The average molecular weight is 276 g/mol. The van der Waals surface area contributed by atoms with Crippen LogP contribution in [0.2, 0.25) is 0 Å².